The Morgan fingerprint density at radius 3 is 2.94 bits per heavy atom. The summed E-state index contributed by atoms with van der Waals surface area (Å²) in [5.41, 5.74) is 0.645. The Morgan fingerprint density at radius 2 is 2.31 bits per heavy atom. The first-order valence-corrected chi connectivity index (χ1v) is 5.06. The summed E-state index contributed by atoms with van der Waals surface area (Å²) in [4.78, 5) is 11.7. The van der Waals surface area contributed by atoms with Gasteiger partial charge >= 0.3 is 0 Å². The lowest BCUT2D eigenvalue weighted by Crippen LogP contribution is -2.24. The van der Waals surface area contributed by atoms with Crippen LogP contribution in [0.1, 0.15) is 6.42 Å². The van der Waals surface area contributed by atoms with E-state index in [1.807, 2.05) is 0 Å². The van der Waals surface area contributed by atoms with Crippen molar-refractivity contribution in [1.29, 1.82) is 0 Å². The van der Waals surface area contributed by atoms with E-state index in [-0.39, 0.29) is 30.0 Å². The zero-order chi connectivity index (χ0) is 10.7. The summed E-state index contributed by atoms with van der Waals surface area (Å²) in [7, 11) is 0. The highest BCUT2D eigenvalue weighted by molar-refractivity contribution is 5.93. The molecule has 1 aromatic rings. The summed E-state index contributed by atoms with van der Waals surface area (Å²) in [5, 5.41) is 15.2. The molecule has 1 atom stereocenters. The third-order valence-electron chi connectivity index (χ3n) is 2.54. The largest absolute Gasteiger partial charge is 0.508 e. The Labute approximate surface area is 100 Å². The standard InChI is InChI=1S/C11H14N2O2.ClH/c14-10-3-1-2-9(6-10)13-11(15)8-4-5-12-7-8;/h1-3,6,8,12,14H,4-5,7H2,(H,13,15);1H/t8-;/m0./s1. The van der Waals surface area contributed by atoms with E-state index in [1.165, 1.54) is 0 Å². The average Bonchev–Trinajstić information content (AvgIpc) is 2.70. The molecule has 0 radical (unpaired) electrons. The second kappa shape index (κ2) is 5.72. The maximum absolute atomic E-state index is 11.7. The molecule has 1 aromatic carbocycles. The van der Waals surface area contributed by atoms with Crippen molar-refractivity contribution in [3.8, 4) is 5.75 Å². The molecule has 3 N–H and O–H groups in total. The maximum Gasteiger partial charge on any atom is 0.228 e. The van der Waals surface area contributed by atoms with Gasteiger partial charge in [-0.2, -0.15) is 0 Å². The third-order valence-corrected chi connectivity index (χ3v) is 2.54. The van der Waals surface area contributed by atoms with E-state index >= 15 is 0 Å². The lowest BCUT2D eigenvalue weighted by molar-refractivity contribution is -0.119. The van der Waals surface area contributed by atoms with Crippen molar-refractivity contribution in [2.24, 2.45) is 5.92 Å². The first-order valence-electron chi connectivity index (χ1n) is 5.06. The molecule has 16 heavy (non-hydrogen) atoms. The minimum Gasteiger partial charge on any atom is -0.508 e. The van der Waals surface area contributed by atoms with Gasteiger partial charge < -0.3 is 15.7 Å². The molecule has 1 amide bonds. The average molecular weight is 243 g/mol. The normalized spacial score (nSPS) is 18.9. The number of hydrogen-bond donors (Lipinski definition) is 3. The molecule has 5 heteroatoms. The van der Waals surface area contributed by atoms with Crippen LogP contribution in [0.3, 0.4) is 0 Å². The predicted molar refractivity (Wildman–Crippen MR) is 65.0 cm³/mol. The van der Waals surface area contributed by atoms with E-state index in [1.54, 1.807) is 24.3 Å². The third kappa shape index (κ3) is 3.12. The summed E-state index contributed by atoms with van der Waals surface area (Å²) in [6, 6.07) is 6.59. The number of carbonyl (C=O) groups is 1. The number of carbonyl (C=O) groups excluding carboxylic acids is 1. The summed E-state index contributed by atoms with van der Waals surface area (Å²) >= 11 is 0. The molecule has 0 spiro atoms. The quantitative estimate of drug-likeness (QED) is 0.734. The van der Waals surface area contributed by atoms with Gasteiger partial charge in [-0.05, 0) is 25.1 Å². The lowest BCUT2D eigenvalue weighted by atomic mass is 10.1. The maximum atomic E-state index is 11.7. The smallest absolute Gasteiger partial charge is 0.228 e. The second-order valence-corrected chi connectivity index (χ2v) is 3.73. The lowest BCUT2D eigenvalue weighted by Gasteiger charge is -2.09. The number of phenolic OH excluding ortho intramolecular Hbond substituents is 1. The van der Waals surface area contributed by atoms with Crippen molar-refractivity contribution in [2.45, 2.75) is 6.42 Å². The fraction of sp³-hybridized carbons (Fsp3) is 0.364. The monoisotopic (exact) mass is 242 g/mol. The van der Waals surface area contributed by atoms with Gasteiger partial charge in [0.25, 0.3) is 0 Å². The first-order chi connectivity index (χ1) is 7.25. The summed E-state index contributed by atoms with van der Waals surface area (Å²) in [6.45, 7) is 1.64. The molecule has 0 aliphatic carbocycles. The van der Waals surface area contributed by atoms with Crippen molar-refractivity contribution in [1.82, 2.24) is 5.32 Å². The summed E-state index contributed by atoms with van der Waals surface area (Å²) in [6.07, 6.45) is 0.880. The molecular formula is C11H15ClN2O2. The van der Waals surface area contributed by atoms with E-state index in [9.17, 15) is 9.90 Å². The molecule has 0 unspecified atom stereocenters. The Balaban J connectivity index is 0.00000128. The Kier molecular flexibility index (Phi) is 4.58. The van der Waals surface area contributed by atoms with E-state index in [2.05, 4.69) is 10.6 Å². The number of nitrogens with one attached hydrogen (secondary N) is 2. The van der Waals surface area contributed by atoms with Gasteiger partial charge in [0.1, 0.15) is 5.75 Å². The molecule has 0 aromatic heterocycles. The molecule has 88 valence electrons. The molecule has 1 aliphatic heterocycles. The zero-order valence-corrected chi connectivity index (χ0v) is 9.59. The fourth-order valence-electron chi connectivity index (χ4n) is 1.71. The first kappa shape index (κ1) is 12.8. The number of phenols is 1. The van der Waals surface area contributed by atoms with Crippen molar-refractivity contribution >= 4 is 24.0 Å². The number of anilines is 1. The molecule has 1 fully saturated rings. The second-order valence-electron chi connectivity index (χ2n) is 3.73. The predicted octanol–water partition coefficient (Wildman–Crippen LogP) is 1.36. The number of aromatic hydroxyl groups is 1. The van der Waals surface area contributed by atoms with Gasteiger partial charge in [-0.1, -0.05) is 6.07 Å². The van der Waals surface area contributed by atoms with Gasteiger partial charge in [-0.3, -0.25) is 4.79 Å². The summed E-state index contributed by atoms with van der Waals surface area (Å²) in [5.74, 6) is 0.232. The highest BCUT2D eigenvalue weighted by Gasteiger charge is 2.22. The van der Waals surface area contributed by atoms with Crippen LogP contribution < -0.4 is 10.6 Å². The van der Waals surface area contributed by atoms with Crippen LogP contribution in [0.2, 0.25) is 0 Å². The van der Waals surface area contributed by atoms with Gasteiger partial charge in [0.2, 0.25) is 5.91 Å². The number of amides is 1. The molecule has 0 bridgehead atoms. The van der Waals surface area contributed by atoms with Crippen molar-refractivity contribution in [2.75, 3.05) is 18.4 Å². The zero-order valence-electron chi connectivity index (χ0n) is 8.77. The highest BCUT2D eigenvalue weighted by Crippen LogP contribution is 2.17. The highest BCUT2D eigenvalue weighted by atomic mass is 35.5. The minimum atomic E-state index is 0. The van der Waals surface area contributed by atoms with Crippen LogP contribution in [0, 0.1) is 5.92 Å². The van der Waals surface area contributed by atoms with Crippen LogP contribution >= 0.6 is 12.4 Å². The van der Waals surface area contributed by atoms with E-state index in [0.29, 0.717) is 5.69 Å². The SMILES string of the molecule is Cl.O=C(Nc1cccc(O)c1)[C@H]1CCNC1. The number of hydrogen-bond acceptors (Lipinski definition) is 3. The van der Waals surface area contributed by atoms with Crippen molar-refractivity contribution < 1.29 is 9.90 Å². The van der Waals surface area contributed by atoms with Crippen molar-refractivity contribution in [3.63, 3.8) is 0 Å². The molecular weight excluding hydrogens is 228 g/mol. The van der Waals surface area contributed by atoms with E-state index < -0.39 is 0 Å². The number of halogens is 1. The minimum absolute atomic E-state index is 0. The van der Waals surface area contributed by atoms with E-state index in [4.69, 9.17) is 0 Å². The molecule has 1 aliphatic rings. The van der Waals surface area contributed by atoms with Gasteiger partial charge in [0, 0.05) is 18.3 Å². The number of rotatable bonds is 2. The molecule has 2 rings (SSSR count). The fourth-order valence-corrected chi connectivity index (χ4v) is 1.71. The van der Waals surface area contributed by atoms with Gasteiger partial charge in [-0.15, -0.1) is 12.4 Å². The Bertz CT molecular complexity index is 365. The van der Waals surface area contributed by atoms with Crippen LogP contribution in [0.5, 0.6) is 5.75 Å². The topological polar surface area (TPSA) is 61.4 Å². The van der Waals surface area contributed by atoms with Crippen LogP contribution in [0.15, 0.2) is 24.3 Å². The van der Waals surface area contributed by atoms with Crippen LogP contribution in [0.4, 0.5) is 5.69 Å². The molecule has 0 saturated carbocycles. The van der Waals surface area contributed by atoms with Crippen LogP contribution in [-0.4, -0.2) is 24.1 Å². The van der Waals surface area contributed by atoms with Gasteiger partial charge in [0.15, 0.2) is 0 Å². The van der Waals surface area contributed by atoms with Crippen LogP contribution in [-0.2, 0) is 4.79 Å². The summed E-state index contributed by atoms with van der Waals surface area (Å²) < 4.78 is 0. The van der Waals surface area contributed by atoms with Crippen LogP contribution in [0.25, 0.3) is 0 Å². The van der Waals surface area contributed by atoms with Gasteiger partial charge in [0.05, 0.1) is 5.92 Å². The molecule has 1 heterocycles. The van der Waals surface area contributed by atoms with Crippen molar-refractivity contribution in [3.05, 3.63) is 24.3 Å². The molecule has 4 nitrogen and oxygen atoms in total. The Hall–Kier alpha value is -1.26. The van der Waals surface area contributed by atoms with E-state index in [0.717, 1.165) is 19.5 Å². The molecule has 1 saturated heterocycles. The number of benzene rings is 1. The Morgan fingerprint density at radius 1 is 1.50 bits per heavy atom. The van der Waals surface area contributed by atoms with Gasteiger partial charge in [-0.25, -0.2) is 0 Å².